The van der Waals surface area contributed by atoms with Crippen molar-refractivity contribution in [3.05, 3.63) is 36.5 Å². The molecule has 78 valence electrons. The molecule has 0 fully saturated rings. The summed E-state index contributed by atoms with van der Waals surface area (Å²) in [4.78, 5) is 10.1. The Bertz CT molecular complexity index is 224. The Labute approximate surface area is 85.6 Å². The van der Waals surface area contributed by atoms with Gasteiger partial charge in [-0.1, -0.05) is 56.2 Å². The van der Waals surface area contributed by atoms with Crippen LogP contribution in [-0.4, -0.2) is 11.1 Å². The predicted octanol–water partition coefficient (Wildman–Crippen LogP) is 3.32. The van der Waals surface area contributed by atoms with E-state index >= 15 is 0 Å². The summed E-state index contributed by atoms with van der Waals surface area (Å²) in [6, 6.07) is 0. The van der Waals surface area contributed by atoms with Crippen molar-refractivity contribution in [3.63, 3.8) is 0 Å². The summed E-state index contributed by atoms with van der Waals surface area (Å²) in [6.07, 6.45) is 14.9. The van der Waals surface area contributed by atoms with Gasteiger partial charge in [0.25, 0.3) is 0 Å². The van der Waals surface area contributed by atoms with E-state index in [2.05, 4.69) is 13.0 Å². The van der Waals surface area contributed by atoms with Gasteiger partial charge in [-0.25, -0.2) is 0 Å². The molecule has 0 aromatic heterocycles. The van der Waals surface area contributed by atoms with Crippen LogP contribution in [0.5, 0.6) is 0 Å². The molecule has 0 saturated carbocycles. The molecule has 2 heteroatoms. The zero-order valence-electron chi connectivity index (χ0n) is 8.65. The highest BCUT2D eigenvalue weighted by molar-refractivity contribution is 5.68. The molecule has 0 aliphatic heterocycles. The third-order valence-electron chi connectivity index (χ3n) is 1.62. The van der Waals surface area contributed by atoms with Crippen LogP contribution < -0.4 is 0 Å². The molecule has 0 radical (unpaired) electrons. The number of allylic oxidation sites excluding steroid dienone is 5. The fourth-order valence-electron chi connectivity index (χ4n) is 0.872. The van der Waals surface area contributed by atoms with Gasteiger partial charge in [-0.2, -0.15) is 0 Å². The van der Waals surface area contributed by atoms with Crippen LogP contribution in [0.25, 0.3) is 0 Å². The van der Waals surface area contributed by atoms with Gasteiger partial charge < -0.3 is 5.11 Å². The van der Waals surface area contributed by atoms with E-state index in [4.69, 9.17) is 5.11 Å². The Hall–Kier alpha value is -1.31. The first-order valence-electron chi connectivity index (χ1n) is 4.97. The zero-order chi connectivity index (χ0) is 10.6. The van der Waals surface area contributed by atoms with E-state index in [1.54, 1.807) is 12.2 Å². The van der Waals surface area contributed by atoms with E-state index in [0.717, 1.165) is 6.42 Å². The minimum atomic E-state index is -0.798. The van der Waals surface area contributed by atoms with Crippen molar-refractivity contribution in [1.82, 2.24) is 0 Å². The SMILES string of the molecule is CCCC/C=C/C=C/C=C/CC(=O)O. The normalized spacial score (nSPS) is 12.1. The molecule has 0 heterocycles. The van der Waals surface area contributed by atoms with E-state index in [9.17, 15) is 4.79 Å². The first-order valence-corrected chi connectivity index (χ1v) is 4.97. The second-order valence-corrected chi connectivity index (χ2v) is 2.98. The molecule has 0 spiro atoms. The van der Waals surface area contributed by atoms with E-state index in [0.29, 0.717) is 0 Å². The largest absolute Gasteiger partial charge is 0.481 e. The maximum absolute atomic E-state index is 10.1. The van der Waals surface area contributed by atoms with Gasteiger partial charge in [-0.3, -0.25) is 4.79 Å². The lowest BCUT2D eigenvalue weighted by molar-refractivity contribution is -0.135. The van der Waals surface area contributed by atoms with Crippen molar-refractivity contribution in [2.45, 2.75) is 32.6 Å². The summed E-state index contributed by atoms with van der Waals surface area (Å²) in [7, 11) is 0. The van der Waals surface area contributed by atoms with E-state index in [-0.39, 0.29) is 6.42 Å². The number of carboxylic acids is 1. The van der Waals surface area contributed by atoms with E-state index < -0.39 is 5.97 Å². The van der Waals surface area contributed by atoms with Gasteiger partial charge in [0, 0.05) is 0 Å². The molecule has 1 N–H and O–H groups in total. The molecule has 0 aliphatic carbocycles. The predicted molar refractivity (Wildman–Crippen MR) is 59.2 cm³/mol. The van der Waals surface area contributed by atoms with Crippen LogP contribution in [0.1, 0.15) is 32.6 Å². The Morgan fingerprint density at radius 2 is 1.79 bits per heavy atom. The van der Waals surface area contributed by atoms with Crippen LogP contribution in [0.3, 0.4) is 0 Å². The number of carboxylic acid groups (broad SMARTS) is 1. The lowest BCUT2D eigenvalue weighted by Gasteiger charge is -1.85. The molecular formula is C12H18O2. The standard InChI is InChI=1S/C12H18O2/c1-2-3-4-5-6-7-8-9-10-11-12(13)14/h5-10H,2-4,11H2,1H3,(H,13,14)/b6-5+,8-7+,10-9+. The van der Waals surface area contributed by atoms with Gasteiger partial charge in [-0.05, 0) is 6.42 Å². The highest BCUT2D eigenvalue weighted by Gasteiger charge is 1.86. The molecule has 0 atom stereocenters. The number of hydrogen-bond donors (Lipinski definition) is 1. The van der Waals surface area contributed by atoms with Crippen molar-refractivity contribution in [3.8, 4) is 0 Å². The van der Waals surface area contributed by atoms with Crippen molar-refractivity contribution in [2.75, 3.05) is 0 Å². The second kappa shape index (κ2) is 9.78. The van der Waals surface area contributed by atoms with Crippen LogP contribution in [0.2, 0.25) is 0 Å². The molecule has 0 saturated heterocycles. The lowest BCUT2D eigenvalue weighted by atomic mass is 10.2. The molecule has 0 unspecified atom stereocenters. The molecular weight excluding hydrogens is 176 g/mol. The molecule has 14 heavy (non-hydrogen) atoms. The van der Waals surface area contributed by atoms with Crippen molar-refractivity contribution >= 4 is 5.97 Å². The maximum Gasteiger partial charge on any atom is 0.307 e. The third kappa shape index (κ3) is 10.7. The molecule has 0 aromatic rings. The second-order valence-electron chi connectivity index (χ2n) is 2.98. The number of hydrogen-bond acceptors (Lipinski definition) is 1. The van der Waals surface area contributed by atoms with Crippen LogP contribution in [-0.2, 0) is 4.79 Å². The first-order chi connectivity index (χ1) is 6.77. The fourth-order valence-corrected chi connectivity index (χ4v) is 0.872. The number of carbonyl (C=O) groups is 1. The van der Waals surface area contributed by atoms with Crippen LogP contribution in [0.4, 0.5) is 0 Å². The summed E-state index contributed by atoms with van der Waals surface area (Å²) < 4.78 is 0. The number of unbranched alkanes of at least 4 members (excludes halogenated alkanes) is 2. The van der Waals surface area contributed by atoms with Gasteiger partial charge >= 0.3 is 5.97 Å². The minimum absolute atomic E-state index is 0.0872. The summed E-state index contributed by atoms with van der Waals surface area (Å²) in [5.41, 5.74) is 0. The third-order valence-corrected chi connectivity index (χ3v) is 1.62. The molecule has 0 amide bonds. The topological polar surface area (TPSA) is 37.3 Å². The average Bonchev–Trinajstić information content (AvgIpc) is 2.15. The molecule has 0 rings (SSSR count). The Morgan fingerprint density at radius 3 is 2.36 bits per heavy atom. The van der Waals surface area contributed by atoms with Gasteiger partial charge in [-0.15, -0.1) is 0 Å². The fraction of sp³-hybridized carbons (Fsp3) is 0.417. The number of rotatable bonds is 7. The average molecular weight is 194 g/mol. The summed E-state index contributed by atoms with van der Waals surface area (Å²) in [5, 5.41) is 8.32. The zero-order valence-corrected chi connectivity index (χ0v) is 8.65. The monoisotopic (exact) mass is 194 g/mol. The number of aliphatic carboxylic acids is 1. The van der Waals surface area contributed by atoms with Crippen LogP contribution in [0, 0.1) is 0 Å². The highest BCUT2D eigenvalue weighted by Crippen LogP contribution is 1.95. The van der Waals surface area contributed by atoms with Crippen molar-refractivity contribution < 1.29 is 9.90 Å². The van der Waals surface area contributed by atoms with Gasteiger partial charge in [0.15, 0.2) is 0 Å². The van der Waals surface area contributed by atoms with Crippen LogP contribution in [0.15, 0.2) is 36.5 Å². The quantitative estimate of drug-likeness (QED) is 0.498. The smallest absolute Gasteiger partial charge is 0.307 e. The van der Waals surface area contributed by atoms with Crippen molar-refractivity contribution in [2.24, 2.45) is 0 Å². The Morgan fingerprint density at radius 1 is 1.14 bits per heavy atom. The maximum atomic E-state index is 10.1. The van der Waals surface area contributed by atoms with Crippen LogP contribution >= 0.6 is 0 Å². The molecule has 0 bridgehead atoms. The van der Waals surface area contributed by atoms with E-state index in [1.165, 1.54) is 12.8 Å². The highest BCUT2D eigenvalue weighted by atomic mass is 16.4. The summed E-state index contributed by atoms with van der Waals surface area (Å²) in [5.74, 6) is -0.798. The summed E-state index contributed by atoms with van der Waals surface area (Å²) >= 11 is 0. The Balaban J connectivity index is 3.47. The minimum Gasteiger partial charge on any atom is -0.481 e. The van der Waals surface area contributed by atoms with E-state index in [1.807, 2.05) is 18.2 Å². The van der Waals surface area contributed by atoms with Gasteiger partial charge in [0.05, 0.1) is 6.42 Å². The lowest BCUT2D eigenvalue weighted by Crippen LogP contribution is -1.89. The molecule has 0 aliphatic rings. The Kier molecular flexibility index (Phi) is 8.86. The molecule has 0 aromatic carbocycles. The first kappa shape index (κ1) is 12.7. The van der Waals surface area contributed by atoms with Gasteiger partial charge in [0.1, 0.15) is 0 Å². The molecule has 2 nitrogen and oxygen atoms in total. The summed E-state index contributed by atoms with van der Waals surface area (Å²) in [6.45, 7) is 2.16. The van der Waals surface area contributed by atoms with Gasteiger partial charge in [0.2, 0.25) is 0 Å². The van der Waals surface area contributed by atoms with Crippen molar-refractivity contribution in [1.29, 1.82) is 0 Å².